The summed E-state index contributed by atoms with van der Waals surface area (Å²) >= 11 is 0. The number of aryl methyl sites for hydroxylation is 1. The molecule has 1 atom stereocenters. The molecule has 0 bridgehead atoms. The average molecular weight is 269 g/mol. The molecule has 0 fully saturated rings. The van der Waals surface area contributed by atoms with E-state index in [4.69, 9.17) is 4.74 Å². The lowest BCUT2D eigenvalue weighted by molar-refractivity contribution is 0.0937. The molecule has 1 N–H and O–H groups in total. The largest absolute Gasteiger partial charge is 0.496 e. The number of hydrogen-bond donors (Lipinski definition) is 1. The third-order valence-electron chi connectivity index (χ3n) is 3.28. The summed E-state index contributed by atoms with van der Waals surface area (Å²) in [7, 11) is 1.56. The molecule has 2 rings (SSSR count). The Morgan fingerprint density at radius 1 is 1.10 bits per heavy atom. The van der Waals surface area contributed by atoms with Gasteiger partial charge in [-0.2, -0.15) is 0 Å². The van der Waals surface area contributed by atoms with Gasteiger partial charge in [-0.3, -0.25) is 4.79 Å². The van der Waals surface area contributed by atoms with Crippen LogP contribution in [0.3, 0.4) is 0 Å². The second-order valence-electron chi connectivity index (χ2n) is 4.81. The van der Waals surface area contributed by atoms with E-state index in [1.54, 1.807) is 19.2 Å². The summed E-state index contributed by atoms with van der Waals surface area (Å²) in [5, 5.41) is 2.99. The van der Waals surface area contributed by atoms with Crippen molar-refractivity contribution < 1.29 is 9.53 Å². The predicted octanol–water partition coefficient (Wildman–Crippen LogP) is 3.49. The molecule has 2 aromatic carbocycles. The van der Waals surface area contributed by atoms with E-state index in [1.165, 1.54) is 5.56 Å². The molecule has 0 unspecified atom stereocenters. The maximum absolute atomic E-state index is 12.3. The van der Waals surface area contributed by atoms with Crippen LogP contribution in [0.5, 0.6) is 5.75 Å². The second-order valence-corrected chi connectivity index (χ2v) is 4.81. The summed E-state index contributed by atoms with van der Waals surface area (Å²) in [5.74, 6) is 0.455. The minimum Gasteiger partial charge on any atom is -0.496 e. The number of nitrogens with one attached hydrogen (secondary N) is 1. The van der Waals surface area contributed by atoms with Gasteiger partial charge in [0.25, 0.3) is 5.91 Å². The zero-order chi connectivity index (χ0) is 14.5. The quantitative estimate of drug-likeness (QED) is 0.922. The van der Waals surface area contributed by atoms with E-state index < -0.39 is 0 Å². The fourth-order valence-electron chi connectivity index (χ4n) is 2.05. The Bertz CT molecular complexity index is 590. The number of methoxy groups -OCH3 is 1. The van der Waals surface area contributed by atoms with E-state index >= 15 is 0 Å². The fraction of sp³-hybridized carbons (Fsp3) is 0.235. The van der Waals surface area contributed by atoms with Crippen LogP contribution in [0.25, 0.3) is 0 Å². The van der Waals surface area contributed by atoms with Gasteiger partial charge in [0.1, 0.15) is 5.75 Å². The molecule has 0 spiro atoms. The first-order valence-corrected chi connectivity index (χ1v) is 6.62. The van der Waals surface area contributed by atoms with E-state index in [0.29, 0.717) is 11.3 Å². The molecule has 2 aromatic rings. The summed E-state index contributed by atoms with van der Waals surface area (Å²) in [5.41, 5.74) is 2.84. The maximum atomic E-state index is 12.3. The van der Waals surface area contributed by atoms with Crippen LogP contribution in [0, 0.1) is 6.92 Å². The zero-order valence-corrected chi connectivity index (χ0v) is 12.0. The normalized spacial score (nSPS) is 11.8. The highest BCUT2D eigenvalue weighted by atomic mass is 16.5. The number of carbonyl (C=O) groups is 1. The van der Waals surface area contributed by atoms with Crippen LogP contribution in [-0.4, -0.2) is 13.0 Å². The Morgan fingerprint density at radius 2 is 1.75 bits per heavy atom. The molecule has 3 nitrogen and oxygen atoms in total. The first kappa shape index (κ1) is 14.1. The Morgan fingerprint density at radius 3 is 2.40 bits per heavy atom. The van der Waals surface area contributed by atoms with E-state index in [0.717, 1.165) is 5.56 Å². The molecule has 0 aromatic heterocycles. The molecule has 0 aliphatic rings. The van der Waals surface area contributed by atoms with Gasteiger partial charge in [-0.05, 0) is 31.5 Å². The number of hydrogen-bond acceptors (Lipinski definition) is 2. The summed E-state index contributed by atoms with van der Waals surface area (Å²) in [6.07, 6.45) is 0. The van der Waals surface area contributed by atoms with Crippen LogP contribution in [-0.2, 0) is 0 Å². The molecule has 0 heterocycles. The molecule has 0 saturated heterocycles. The number of benzene rings is 2. The van der Waals surface area contributed by atoms with Crippen molar-refractivity contribution in [3.05, 3.63) is 65.2 Å². The Labute approximate surface area is 119 Å². The van der Waals surface area contributed by atoms with Crippen molar-refractivity contribution in [1.29, 1.82) is 0 Å². The highest BCUT2D eigenvalue weighted by Crippen LogP contribution is 2.19. The van der Waals surface area contributed by atoms with Gasteiger partial charge >= 0.3 is 0 Å². The Balaban J connectivity index is 2.13. The molecule has 104 valence electrons. The van der Waals surface area contributed by atoms with Crippen molar-refractivity contribution in [3.63, 3.8) is 0 Å². The van der Waals surface area contributed by atoms with Gasteiger partial charge in [0.05, 0.1) is 18.7 Å². The van der Waals surface area contributed by atoms with Crippen molar-refractivity contribution in [3.8, 4) is 5.75 Å². The molecule has 0 aliphatic carbocycles. The molecule has 20 heavy (non-hydrogen) atoms. The first-order valence-electron chi connectivity index (χ1n) is 6.62. The summed E-state index contributed by atoms with van der Waals surface area (Å²) in [6, 6.07) is 15.3. The molecule has 0 saturated carbocycles. The van der Waals surface area contributed by atoms with Crippen LogP contribution in [0.4, 0.5) is 0 Å². The van der Waals surface area contributed by atoms with Gasteiger partial charge in [-0.15, -0.1) is 0 Å². The Kier molecular flexibility index (Phi) is 4.41. The lowest BCUT2D eigenvalue weighted by Gasteiger charge is -2.16. The molecular formula is C17H19NO2. The standard InChI is InChI=1S/C17H19NO2/c1-12-8-10-14(11-9-12)13(2)18-17(19)15-6-4-5-7-16(15)20-3/h4-11,13H,1-3H3,(H,18,19)/t13-/m1/s1. The Hall–Kier alpha value is -2.29. The highest BCUT2D eigenvalue weighted by Gasteiger charge is 2.14. The smallest absolute Gasteiger partial charge is 0.255 e. The van der Waals surface area contributed by atoms with Gasteiger partial charge in [0.2, 0.25) is 0 Å². The van der Waals surface area contributed by atoms with Crippen LogP contribution in [0.2, 0.25) is 0 Å². The van der Waals surface area contributed by atoms with Crippen LogP contribution in [0.1, 0.15) is 34.5 Å². The van der Waals surface area contributed by atoms with Gasteiger partial charge in [-0.25, -0.2) is 0 Å². The predicted molar refractivity (Wildman–Crippen MR) is 80.1 cm³/mol. The van der Waals surface area contributed by atoms with Crippen molar-refractivity contribution >= 4 is 5.91 Å². The lowest BCUT2D eigenvalue weighted by atomic mass is 10.1. The number of carbonyl (C=O) groups excluding carboxylic acids is 1. The van der Waals surface area contributed by atoms with Crippen molar-refractivity contribution in [2.45, 2.75) is 19.9 Å². The third kappa shape index (κ3) is 3.18. The topological polar surface area (TPSA) is 38.3 Å². The molecule has 0 radical (unpaired) electrons. The SMILES string of the molecule is COc1ccccc1C(=O)N[C@H](C)c1ccc(C)cc1. The molecule has 3 heteroatoms. The van der Waals surface area contributed by atoms with Crippen LogP contribution in [0.15, 0.2) is 48.5 Å². The molecule has 1 amide bonds. The van der Waals surface area contributed by atoms with E-state index in [-0.39, 0.29) is 11.9 Å². The molecule has 0 aliphatic heterocycles. The monoisotopic (exact) mass is 269 g/mol. The van der Waals surface area contributed by atoms with Gasteiger partial charge in [0, 0.05) is 0 Å². The number of para-hydroxylation sites is 1. The number of rotatable bonds is 4. The summed E-state index contributed by atoms with van der Waals surface area (Å²) < 4.78 is 5.21. The maximum Gasteiger partial charge on any atom is 0.255 e. The van der Waals surface area contributed by atoms with Crippen LogP contribution >= 0.6 is 0 Å². The van der Waals surface area contributed by atoms with Gasteiger partial charge < -0.3 is 10.1 Å². The van der Waals surface area contributed by atoms with Gasteiger partial charge in [0.15, 0.2) is 0 Å². The molecular weight excluding hydrogens is 250 g/mol. The second kappa shape index (κ2) is 6.24. The lowest BCUT2D eigenvalue weighted by Crippen LogP contribution is -2.27. The van der Waals surface area contributed by atoms with E-state index in [9.17, 15) is 4.79 Å². The number of ether oxygens (including phenoxy) is 1. The van der Waals surface area contributed by atoms with Crippen molar-refractivity contribution in [2.24, 2.45) is 0 Å². The average Bonchev–Trinajstić information content (AvgIpc) is 2.47. The van der Waals surface area contributed by atoms with Crippen LogP contribution < -0.4 is 10.1 Å². The fourth-order valence-corrected chi connectivity index (χ4v) is 2.05. The zero-order valence-electron chi connectivity index (χ0n) is 12.0. The van der Waals surface area contributed by atoms with Crippen molar-refractivity contribution in [2.75, 3.05) is 7.11 Å². The first-order chi connectivity index (χ1) is 9.61. The minimum atomic E-state index is -0.129. The number of amides is 1. The highest BCUT2D eigenvalue weighted by molar-refractivity contribution is 5.97. The van der Waals surface area contributed by atoms with Gasteiger partial charge in [-0.1, -0.05) is 42.0 Å². The minimum absolute atomic E-state index is 0.0481. The van der Waals surface area contributed by atoms with E-state index in [2.05, 4.69) is 5.32 Å². The summed E-state index contributed by atoms with van der Waals surface area (Å²) in [6.45, 7) is 4.01. The van der Waals surface area contributed by atoms with Crippen molar-refractivity contribution in [1.82, 2.24) is 5.32 Å². The third-order valence-corrected chi connectivity index (χ3v) is 3.28. The summed E-state index contributed by atoms with van der Waals surface area (Å²) in [4.78, 5) is 12.3. The van der Waals surface area contributed by atoms with E-state index in [1.807, 2.05) is 50.2 Å².